The van der Waals surface area contributed by atoms with Crippen molar-refractivity contribution in [2.75, 3.05) is 18.0 Å². The number of carbonyl (C=O) groups is 2. The zero-order valence-electron chi connectivity index (χ0n) is 12.2. The van der Waals surface area contributed by atoms with E-state index in [0.29, 0.717) is 22.3 Å². The summed E-state index contributed by atoms with van der Waals surface area (Å²) in [5.74, 6) is -0.125. The molecular formula is C18H17NO2. The lowest BCUT2D eigenvalue weighted by Gasteiger charge is -2.24. The van der Waals surface area contributed by atoms with E-state index >= 15 is 0 Å². The van der Waals surface area contributed by atoms with Crippen LogP contribution in [0.4, 0.5) is 5.69 Å². The van der Waals surface area contributed by atoms with Crippen molar-refractivity contribution in [1.82, 2.24) is 0 Å². The molecular weight excluding hydrogens is 262 g/mol. The predicted octanol–water partition coefficient (Wildman–Crippen LogP) is 3.31. The second-order valence-electron chi connectivity index (χ2n) is 5.11. The van der Waals surface area contributed by atoms with Crippen LogP contribution < -0.4 is 4.90 Å². The molecule has 3 nitrogen and oxygen atoms in total. The summed E-state index contributed by atoms with van der Waals surface area (Å²) in [7, 11) is 0. The lowest BCUT2D eigenvalue weighted by atomic mass is 9.84. The molecule has 2 aromatic rings. The molecule has 1 aliphatic carbocycles. The number of ketones is 2. The van der Waals surface area contributed by atoms with Gasteiger partial charge in [-0.1, -0.05) is 24.3 Å². The third-order valence-corrected chi connectivity index (χ3v) is 4.04. The van der Waals surface area contributed by atoms with E-state index in [4.69, 9.17) is 0 Å². The van der Waals surface area contributed by atoms with Gasteiger partial charge in [-0.2, -0.15) is 0 Å². The summed E-state index contributed by atoms with van der Waals surface area (Å²) in [6, 6.07) is 12.6. The maximum absolute atomic E-state index is 12.6. The molecule has 0 radical (unpaired) electrons. The summed E-state index contributed by atoms with van der Waals surface area (Å²) < 4.78 is 0. The van der Waals surface area contributed by atoms with Crippen LogP contribution in [0.5, 0.6) is 0 Å². The number of hydrogen-bond acceptors (Lipinski definition) is 3. The molecule has 0 aromatic heterocycles. The molecule has 0 aliphatic heterocycles. The van der Waals surface area contributed by atoms with E-state index in [9.17, 15) is 9.59 Å². The third-order valence-electron chi connectivity index (χ3n) is 4.04. The molecule has 0 N–H and O–H groups in total. The lowest BCUT2D eigenvalue weighted by Crippen LogP contribution is -2.24. The average Bonchev–Trinajstić information content (AvgIpc) is 2.54. The van der Waals surface area contributed by atoms with Gasteiger partial charge < -0.3 is 4.90 Å². The third kappa shape index (κ3) is 2.05. The summed E-state index contributed by atoms with van der Waals surface area (Å²) >= 11 is 0. The number of nitrogens with zero attached hydrogens (tertiary/aromatic N) is 1. The molecule has 106 valence electrons. The number of rotatable bonds is 3. The van der Waals surface area contributed by atoms with Gasteiger partial charge in [0.05, 0.1) is 0 Å². The molecule has 0 atom stereocenters. The number of fused-ring (bicyclic) bond motifs is 2. The second-order valence-corrected chi connectivity index (χ2v) is 5.11. The van der Waals surface area contributed by atoms with Crippen molar-refractivity contribution in [3.8, 4) is 0 Å². The van der Waals surface area contributed by atoms with Crippen LogP contribution in [0.3, 0.4) is 0 Å². The van der Waals surface area contributed by atoms with E-state index in [1.54, 1.807) is 30.3 Å². The van der Waals surface area contributed by atoms with E-state index in [0.717, 1.165) is 18.8 Å². The molecule has 0 saturated heterocycles. The number of anilines is 1. The molecule has 0 fully saturated rings. The molecule has 0 bridgehead atoms. The van der Waals surface area contributed by atoms with Gasteiger partial charge >= 0.3 is 0 Å². The van der Waals surface area contributed by atoms with Gasteiger partial charge in [0.2, 0.25) is 0 Å². The summed E-state index contributed by atoms with van der Waals surface area (Å²) in [5.41, 5.74) is 3.02. The van der Waals surface area contributed by atoms with Gasteiger partial charge in [0.15, 0.2) is 11.6 Å². The highest BCUT2D eigenvalue weighted by molar-refractivity contribution is 6.28. The highest BCUT2D eigenvalue weighted by atomic mass is 16.1. The van der Waals surface area contributed by atoms with Crippen molar-refractivity contribution in [2.24, 2.45) is 0 Å². The summed E-state index contributed by atoms with van der Waals surface area (Å²) in [4.78, 5) is 27.3. The van der Waals surface area contributed by atoms with Crippen LogP contribution in [0.1, 0.15) is 45.7 Å². The van der Waals surface area contributed by atoms with E-state index in [2.05, 4.69) is 18.7 Å². The Labute approximate surface area is 124 Å². The Morgan fingerprint density at radius 2 is 1.29 bits per heavy atom. The first-order valence-electron chi connectivity index (χ1n) is 7.24. The minimum absolute atomic E-state index is 0.0609. The van der Waals surface area contributed by atoms with E-state index in [1.807, 2.05) is 12.1 Å². The van der Waals surface area contributed by atoms with Crippen LogP contribution in [0.2, 0.25) is 0 Å². The Balaban J connectivity index is 2.15. The molecule has 0 spiro atoms. The SMILES string of the molecule is CCN(CC)c1ccc2c(c1)C(=O)c1ccccc1C2=O. The lowest BCUT2D eigenvalue weighted by molar-refractivity contribution is 0.0979. The van der Waals surface area contributed by atoms with Crippen molar-refractivity contribution in [3.05, 3.63) is 64.7 Å². The van der Waals surface area contributed by atoms with Gasteiger partial charge in [0, 0.05) is 41.0 Å². The quantitative estimate of drug-likeness (QED) is 0.738. The molecule has 0 heterocycles. The fraction of sp³-hybridized carbons (Fsp3) is 0.222. The van der Waals surface area contributed by atoms with Crippen molar-refractivity contribution >= 4 is 17.3 Å². The highest BCUT2D eigenvalue weighted by Crippen LogP contribution is 2.30. The Morgan fingerprint density at radius 3 is 1.86 bits per heavy atom. The maximum Gasteiger partial charge on any atom is 0.194 e. The largest absolute Gasteiger partial charge is 0.372 e. The fourth-order valence-electron chi connectivity index (χ4n) is 2.87. The Kier molecular flexibility index (Phi) is 3.34. The van der Waals surface area contributed by atoms with Crippen LogP contribution in [0, 0.1) is 0 Å². The Hall–Kier alpha value is -2.42. The molecule has 0 unspecified atom stereocenters. The fourth-order valence-corrected chi connectivity index (χ4v) is 2.87. The van der Waals surface area contributed by atoms with Crippen LogP contribution in [0.15, 0.2) is 42.5 Å². The van der Waals surface area contributed by atoms with Crippen molar-refractivity contribution < 1.29 is 9.59 Å². The summed E-state index contributed by atoms with van der Waals surface area (Å²) in [5, 5.41) is 0. The van der Waals surface area contributed by atoms with Gasteiger partial charge in [-0.3, -0.25) is 9.59 Å². The van der Waals surface area contributed by atoms with Crippen molar-refractivity contribution in [3.63, 3.8) is 0 Å². The van der Waals surface area contributed by atoms with Gasteiger partial charge in [-0.25, -0.2) is 0 Å². The Morgan fingerprint density at radius 1 is 0.762 bits per heavy atom. The summed E-state index contributed by atoms with van der Waals surface area (Å²) in [6.07, 6.45) is 0. The first-order valence-corrected chi connectivity index (χ1v) is 7.24. The minimum atomic E-state index is -0.0636. The van der Waals surface area contributed by atoms with Crippen LogP contribution in [-0.4, -0.2) is 24.7 Å². The summed E-state index contributed by atoms with van der Waals surface area (Å²) in [6.45, 7) is 5.89. The molecule has 0 amide bonds. The number of benzene rings is 2. The molecule has 3 heteroatoms. The van der Waals surface area contributed by atoms with Gasteiger partial charge in [0.25, 0.3) is 0 Å². The standard InChI is InChI=1S/C18H17NO2/c1-3-19(4-2)12-9-10-15-16(11-12)18(21)14-8-6-5-7-13(14)17(15)20/h5-11H,3-4H2,1-2H3. The average molecular weight is 279 g/mol. The zero-order valence-corrected chi connectivity index (χ0v) is 12.2. The van der Waals surface area contributed by atoms with Gasteiger partial charge in [-0.15, -0.1) is 0 Å². The zero-order chi connectivity index (χ0) is 15.0. The van der Waals surface area contributed by atoms with Crippen molar-refractivity contribution in [1.29, 1.82) is 0 Å². The Bertz CT molecular complexity index is 730. The van der Waals surface area contributed by atoms with Crippen LogP contribution in [-0.2, 0) is 0 Å². The van der Waals surface area contributed by atoms with Crippen molar-refractivity contribution in [2.45, 2.75) is 13.8 Å². The van der Waals surface area contributed by atoms with Crippen LogP contribution >= 0.6 is 0 Å². The first-order chi connectivity index (χ1) is 10.2. The maximum atomic E-state index is 12.6. The van der Waals surface area contributed by atoms with E-state index < -0.39 is 0 Å². The monoisotopic (exact) mass is 279 g/mol. The van der Waals surface area contributed by atoms with E-state index in [1.165, 1.54) is 0 Å². The van der Waals surface area contributed by atoms with E-state index in [-0.39, 0.29) is 11.6 Å². The van der Waals surface area contributed by atoms with Gasteiger partial charge in [-0.05, 0) is 32.0 Å². The second kappa shape index (κ2) is 5.17. The molecule has 2 aromatic carbocycles. The van der Waals surface area contributed by atoms with Gasteiger partial charge in [0.1, 0.15) is 0 Å². The predicted molar refractivity (Wildman–Crippen MR) is 83.3 cm³/mol. The first kappa shape index (κ1) is 13.6. The molecule has 0 saturated carbocycles. The molecule has 3 rings (SSSR count). The number of hydrogen-bond donors (Lipinski definition) is 0. The van der Waals surface area contributed by atoms with Crippen LogP contribution in [0.25, 0.3) is 0 Å². The topological polar surface area (TPSA) is 37.4 Å². The molecule has 1 aliphatic rings. The highest BCUT2D eigenvalue weighted by Gasteiger charge is 2.29. The number of carbonyl (C=O) groups excluding carboxylic acids is 2. The minimum Gasteiger partial charge on any atom is -0.372 e. The normalized spacial score (nSPS) is 12.9. The smallest absolute Gasteiger partial charge is 0.194 e. The molecule has 21 heavy (non-hydrogen) atoms.